The Hall–Kier alpha value is -1.86. The average Bonchev–Trinajstić information content (AvgIpc) is 2.28. The van der Waals surface area contributed by atoms with E-state index in [1.165, 1.54) is 6.21 Å². The second-order valence-electron chi connectivity index (χ2n) is 3.45. The molecule has 0 bridgehead atoms. The lowest BCUT2D eigenvalue weighted by atomic mass is 9.78. The number of guanidine groups is 1. The molecule has 1 aromatic rings. The van der Waals surface area contributed by atoms with Crippen molar-refractivity contribution >= 4 is 24.8 Å². The van der Waals surface area contributed by atoms with E-state index in [2.05, 4.69) is 10.2 Å². The maximum Gasteiger partial charge on any atom is 0.488 e. The van der Waals surface area contributed by atoms with Crippen molar-refractivity contribution in [3.05, 3.63) is 29.3 Å². The summed E-state index contributed by atoms with van der Waals surface area (Å²) in [7, 11) is -1.47. The lowest BCUT2D eigenvalue weighted by Gasteiger charge is -2.06. The van der Waals surface area contributed by atoms with E-state index >= 15 is 0 Å². The Labute approximate surface area is 99.8 Å². The normalized spacial score (nSPS) is 10.5. The van der Waals surface area contributed by atoms with Gasteiger partial charge in [0.15, 0.2) is 0 Å². The third-order valence-corrected chi connectivity index (χ3v) is 2.22. The molecule has 90 valence electrons. The Balaban J connectivity index is 3.01. The summed E-state index contributed by atoms with van der Waals surface area (Å²) in [6.07, 6.45) is 2.26. The molecule has 0 aromatic heterocycles. The lowest BCUT2D eigenvalue weighted by Crippen LogP contribution is -2.30. The van der Waals surface area contributed by atoms with Crippen molar-refractivity contribution in [3.8, 4) is 0 Å². The van der Waals surface area contributed by atoms with Gasteiger partial charge in [-0.3, -0.25) is 0 Å². The van der Waals surface area contributed by atoms with Crippen LogP contribution in [0.15, 0.2) is 28.4 Å². The number of rotatable bonds is 4. The summed E-state index contributed by atoms with van der Waals surface area (Å²) >= 11 is 0. The van der Waals surface area contributed by atoms with Crippen LogP contribution in [0.2, 0.25) is 0 Å². The smallest absolute Gasteiger partial charge is 0.423 e. The van der Waals surface area contributed by atoms with Gasteiger partial charge in [0.2, 0.25) is 5.96 Å². The van der Waals surface area contributed by atoms with Gasteiger partial charge in [-0.25, -0.2) is 0 Å². The van der Waals surface area contributed by atoms with Gasteiger partial charge in [-0.05, 0) is 23.0 Å². The first-order valence-corrected chi connectivity index (χ1v) is 5.15. The van der Waals surface area contributed by atoms with E-state index in [-0.39, 0.29) is 5.96 Å². The first-order valence-electron chi connectivity index (χ1n) is 5.15. The number of hydrogen-bond acceptors (Lipinski definition) is 4. The topological polar surface area (TPSA) is 117 Å². The molecule has 0 aliphatic heterocycles. The summed E-state index contributed by atoms with van der Waals surface area (Å²) in [6.45, 7) is 1.96. The van der Waals surface area contributed by atoms with Gasteiger partial charge in [-0.2, -0.15) is 5.10 Å². The summed E-state index contributed by atoms with van der Waals surface area (Å²) < 4.78 is 0. The van der Waals surface area contributed by atoms with Gasteiger partial charge in [-0.1, -0.05) is 25.1 Å². The minimum Gasteiger partial charge on any atom is -0.423 e. The molecule has 0 fully saturated rings. The molecule has 0 saturated carbocycles. The van der Waals surface area contributed by atoms with Gasteiger partial charge in [0.05, 0.1) is 6.21 Å². The molecule has 0 amide bonds. The van der Waals surface area contributed by atoms with Crippen LogP contribution in [-0.2, 0) is 6.42 Å². The van der Waals surface area contributed by atoms with Crippen LogP contribution < -0.4 is 16.9 Å². The fraction of sp³-hybridized carbons (Fsp3) is 0.200. The molecule has 1 rings (SSSR count). The minimum atomic E-state index is -1.47. The van der Waals surface area contributed by atoms with Crippen molar-refractivity contribution in [1.29, 1.82) is 0 Å². The zero-order chi connectivity index (χ0) is 12.8. The fourth-order valence-electron chi connectivity index (χ4n) is 1.38. The first-order chi connectivity index (χ1) is 8.04. The van der Waals surface area contributed by atoms with Gasteiger partial charge < -0.3 is 21.5 Å². The lowest BCUT2D eigenvalue weighted by molar-refractivity contribution is 0.425. The van der Waals surface area contributed by atoms with Crippen LogP contribution in [0.4, 0.5) is 0 Å². The summed E-state index contributed by atoms with van der Waals surface area (Å²) in [5, 5.41) is 25.3. The second-order valence-corrected chi connectivity index (χ2v) is 3.45. The Morgan fingerprint density at radius 1 is 1.41 bits per heavy atom. The van der Waals surface area contributed by atoms with E-state index in [1.54, 1.807) is 18.2 Å². The molecule has 0 atom stereocenters. The van der Waals surface area contributed by atoms with Crippen molar-refractivity contribution < 1.29 is 10.0 Å². The number of benzene rings is 1. The van der Waals surface area contributed by atoms with Crippen molar-refractivity contribution in [2.45, 2.75) is 13.3 Å². The maximum absolute atomic E-state index is 9.05. The summed E-state index contributed by atoms with van der Waals surface area (Å²) in [5.74, 6) is -0.110. The molecule has 0 radical (unpaired) electrons. The van der Waals surface area contributed by atoms with Crippen LogP contribution in [0.3, 0.4) is 0 Å². The molecule has 0 aliphatic carbocycles. The monoisotopic (exact) mass is 234 g/mol. The quantitative estimate of drug-likeness (QED) is 0.220. The SMILES string of the molecule is CCc1cc(B(O)O)ccc1C=NN=C(N)N. The van der Waals surface area contributed by atoms with E-state index in [0.717, 1.165) is 17.5 Å². The van der Waals surface area contributed by atoms with E-state index in [1.807, 2.05) is 6.92 Å². The molecular weight excluding hydrogens is 219 g/mol. The van der Waals surface area contributed by atoms with Crippen molar-refractivity contribution in [1.82, 2.24) is 0 Å². The highest BCUT2D eigenvalue weighted by atomic mass is 16.4. The third kappa shape index (κ3) is 3.89. The fourth-order valence-corrected chi connectivity index (χ4v) is 1.38. The van der Waals surface area contributed by atoms with Crippen LogP contribution in [-0.4, -0.2) is 29.3 Å². The molecule has 1 aromatic carbocycles. The number of nitrogens with zero attached hydrogens (tertiary/aromatic N) is 2. The van der Waals surface area contributed by atoms with Gasteiger partial charge >= 0.3 is 7.12 Å². The van der Waals surface area contributed by atoms with E-state index < -0.39 is 7.12 Å². The summed E-state index contributed by atoms with van der Waals surface area (Å²) in [4.78, 5) is 0. The average molecular weight is 234 g/mol. The largest absolute Gasteiger partial charge is 0.488 e. The molecule has 17 heavy (non-hydrogen) atoms. The highest BCUT2D eigenvalue weighted by Gasteiger charge is 2.11. The zero-order valence-corrected chi connectivity index (χ0v) is 9.54. The highest BCUT2D eigenvalue weighted by molar-refractivity contribution is 6.58. The number of aryl methyl sites for hydroxylation is 1. The molecule has 0 heterocycles. The highest BCUT2D eigenvalue weighted by Crippen LogP contribution is 2.06. The van der Waals surface area contributed by atoms with Gasteiger partial charge in [0.25, 0.3) is 0 Å². The standard InChI is InChI=1S/C10H15BN4O2/c1-2-7-5-9(11(16)17)4-3-8(7)6-14-15-10(12)13/h3-6,16-17H,2H2,1H3,(H4,12,13,15). The molecule has 0 aliphatic rings. The Morgan fingerprint density at radius 3 is 2.65 bits per heavy atom. The summed E-state index contributed by atoms with van der Waals surface area (Å²) in [5.41, 5.74) is 12.5. The van der Waals surface area contributed by atoms with Crippen LogP contribution >= 0.6 is 0 Å². The van der Waals surface area contributed by atoms with Crippen LogP contribution in [0.5, 0.6) is 0 Å². The Morgan fingerprint density at radius 2 is 2.12 bits per heavy atom. The minimum absolute atomic E-state index is 0.110. The predicted molar refractivity (Wildman–Crippen MR) is 69.0 cm³/mol. The molecule has 0 saturated heterocycles. The van der Waals surface area contributed by atoms with Crippen LogP contribution in [0.1, 0.15) is 18.1 Å². The predicted octanol–water partition coefficient (Wildman–Crippen LogP) is -1.46. The number of nitrogens with two attached hydrogens (primary N) is 2. The zero-order valence-electron chi connectivity index (χ0n) is 9.54. The molecule has 7 heteroatoms. The van der Waals surface area contributed by atoms with E-state index in [9.17, 15) is 0 Å². The molecule has 0 unspecified atom stereocenters. The van der Waals surface area contributed by atoms with Crippen LogP contribution in [0.25, 0.3) is 0 Å². The first kappa shape index (κ1) is 13.2. The van der Waals surface area contributed by atoms with Gasteiger partial charge in [0.1, 0.15) is 0 Å². The van der Waals surface area contributed by atoms with Gasteiger partial charge in [0, 0.05) is 0 Å². The Bertz CT molecular complexity index is 442. The van der Waals surface area contributed by atoms with E-state index in [4.69, 9.17) is 21.5 Å². The summed E-state index contributed by atoms with van der Waals surface area (Å²) in [6, 6.07) is 5.06. The third-order valence-electron chi connectivity index (χ3n) is 2.22. The second kappa shape index (κ2) is 6.02. The molecule has 6 N–H and O–H groups in total. The molecule has 0 spiro atoms. The molecule has 6 nitrogen and oxygen atoms in total. The maximum atomic E-state index is 9.05. The van der Waals surface area contributed by atoms with E-state index in [0.29, 0.717) is 5.46 Å². The van der Waals surface area contributed by atoms with Crippen molar-refractivity contribution in [2.24, 2.45) is 21.7 Å². The van der Waals surface area contributed by atoms with Crippen molar-refractivity contribution in [2.75, 3.05) is 0 Å². The Kier molecular flexibility index (Phi) is 4.68. The molecular formula is C10H15BN4O2. The van der Waals surface area contributed by atoms with Crippen molar-refractivity contribution in [3.63, 3.8) is 0 Å². The number of hydrogen-bond donors (Lipinski definition) is 4. The van der Waals surface area contributed by atoms with Crippen LogP contribution in [0, 0.1) is 0 Å². The van der Waals surface area contributed by atoms with Gasteiger partial charge in [-0.15, -0.1) is 5.10 Å².